The van der Waals surface area contributed by atoms with Crippen molar-refractivity contribution < 1.29 is 4.79 Å². The number of amides is 1. The van der Waals surface area contributed by atoms with Crippen LogP contribution in [0.25, 0.3) is 0 Å². The minimum Gasteiger partial charge on any atom is -0.365 e. The molecular formula is C25H38N4O. The number of rotatable bonds is 12. The lowest BCUT2D eigenvalue weighted by molar-refractivity contribution is -0.127. The minimum atomic E-state index is -0.0488. The molecular weight excluding hydrogens is 372 g/mol. The zero-order valence-corrected chi connectivity index (χ0v) is 19.1. The van der Waals surface area contributed by atoms with Crippen molar-refractivity contribution in [1.29, 1.82) is 0 Å². The summed E-state index contributed by atoms with van der Waals surface area (Å²) in [6.45, 7) is 14.1. The average molecular weight is 411 g/mol. The number of likely N-dealkylation sites (N-methyl/N-ethyl adjacent to an activating group) is 1. The summed E-state index contributed by atoms with van der Waals surface area (Å²) in [4.78, 5) is 19.4. The zero-order chi connectivity index (χ0) is 21.9. The molecule has 2 unspecified atom stereocenters. The Morgan fingerprint density at radius 2 is 2.03 bits per heavy atom. The standard InChI is InChI=1S/C25H38N4O/c1-6-8-9-10-14-21(3)28(7-2)18-13-17-27(5)20-16-23-22(4)26-24-15-11-12-19-29(24)25(23)30/h6,8-12,14-15,19,21,24,26H,1,7,13,16-18,20H2,2-5H3/b9-8-,14-10+. The van der Waals surface area contributed by atoms with Gasteiger partial charge in [0.05, 0.1) is 0 Å². The fraction of sp³-hybridized carbons (Fsp3) is 0.480. The molecule has 5 nitrogen and oxygen atoms in total. The molecule has 0 saturated carbocycles. The van der Waals surface area contributed by atoms with Crippen LogP contribution < -0.4 is 5.32 Å². The van der Waals surface area contributed by atoms with Crippen molar-refractivity contribution in [1.82, 2.24) is 20.0 Å². The predicted octanol–water partition coefficient (Wildman–Crippen LogP) is 3.82. The second-order valence-electron chi connectivity index (χ2n) is 7.91. The largest absolute Gasteiger partial charge is 0.365 e. The lowest BCUT2D eigenvalue weighted by Crippen LogP contribution is -2.50. The summed E-state index contributed by atoms with van der Waals surface area (Å²) in [5, 5.41) is 3.43. The quantitative estimate of drug-likeness (QED) is 0.497. The average Bonchev–Trinajstić information content (AvgIpc) is 2.74. The van der Waals surface area contributed by atoms with Crippen LogP contribution in [0.5, 0.6) is 0 Å². The number of nitrogens with one attached hydrogen (secondary N) is 1. The van der Waals surface area contributed by atoms with Crippen LogP contribution in [-0.4, -0.2) is 66.0 Å². The third kappa shape index (κ3) is 6.85. The summed E-state index contributed by atoms with van der Waals surface area (Å²) >= 11 is 0. The van der Waals surface area contributed by atoms with Crippen molar-refractivity contribution in [3.05, 3.63) is 72.7 Å². The Labute approximate surface area is 182 Å². The maximum atomic E-state index is 12.8. The van der Waals surface area contributed by atoms with Crippen molar-refractivity contribution in [2.45, 2.75) is 45.8 Å². The van der Waals surface area contributed by atoms with E-state index < -0.39 is 0 Å². The molecule has 2 atom stereocenters. The number of hydrogen-bond acceptors (Lipinski definition) is 4. The molecule has 1 amide bonds. The number of nitrogens with zero attached hydrogens (tertiary/aromatic N) is 3. The predicted molar refractivity (Wildman–Crippen MR) is 127 cm³/mol. The van der Waals surface area contributed by atoms with Crippen LogP contribution in [0.1, 0.15) is 33.6 Å². The molecule has 5 heteroatoms. The van der Waals surface area contributed by atoms with E-state index >= 15 is 0 Å². The highest BCUT2D eigenvalue weighted by molar-refractivity contribution is 5.96. The SMILES string of the molecule is C=C/C=C\C=C\C(C)N(CC)CCCN(C)CCC1=C(C)NC2C=CC=CN2C1=O. The highest BCUT2D eigenvalue weighted by Crippen LogP contribution is 2.22. The van der Waals surface area contributed by atoms with E-state index in [4.69, 9.17) is 0 Å². The van der Waals surface area contributed by atoms with E-state index in [9.17, 15) is 4.79 Å². The molecule has 0 saturated heterocycles. The van der Waals surface area contributed by atoms with Gasteiger partial charge in [-0.25, -0.2) is 0 Å². The first-order chi connectivity index (χ1) is 14.5. The van der Waals surface area contributed by atoms with Crippen LogP contribution in [0.4, 0.5) is 0 Å². The lowest BCUT2D eigenvalue weighted by atomic mass is 10.0. The van der Waals surface area contributed by atoms with Gasteiger partial charge in [0.2, 0.25) is 0 Å². The molecule has 0 spiro atoms. The van der Waals surface area contributed by atoms with Crippen molar-refractivity contribution in [3.63, 3.8) is 0 Å². The van der Waals surface area contributed by atoms with Gasteiger partial charge in [0, 0.05) is 30.1 Å². The monoisotopic (exact) mass is 410 g/mol. The van der Waals surface area contributed by atoms with Crippen molar-refractivity contribution in [2.24, 2.45) is 0 Å². The van der Waals surface area contributed by atoms with Crippen molar-refractivity contribution >= 4 is 5.91 Å². The number of carbonyl (C=O) groups is 1. The van der Waals surface area contributed by atoms with Crippen LogP contribution in [0.3, 0.4) is 0 Å². The van der Waals surface area contributed by atoms with Gasteiger partial charge in [-0.3, -0.25) is 14.6 Å². The van der Waals surface area contributed by atoms with Crippen LogP contribution in [0, 0.1) is 0 Å². The van der Waals surface area contributed by atoms with Crippen LogP contribution in [0.15, 0.2) is 72.7 Å². The maximum Gasteiger partial charge on any atom is 0.257 e. The third-order valence-corrected chi connectivity index (χ3v) is 5.72. The van der Waals surface area contributed by atoms with Crippen molar-refractivity contribution in [3.8, 4) is 0 Å². The van der Waals surface area contributed by atoms with E-state index in [0.29, 0.717) is 6.04 Å². The first-order valence-electron chi connectivity index (χ1n) is 11.0. The molecule has 0 aliphatic carbocycles. The molecule has 0 bridgehead atoms. The van der Waals surface area contributed by atoms with E-state index in [1.54, 1.807) is 11.0 Å². The molecule has 0 fully saturated rings. The summed E-state index contributed by atoms with van der Waals surface area (Å²) in [6.07, 6.45) is 19.6. The van der Waals surface area contributed by atoms with E-state index in [0.717, 1.165) is 50.3 Å². The van der Waals surface area contributed by atoms with Gasteiger partial charge < -0.3 is 10.2 Å². The first kappa shape index (κ1) is 23.9. The van der Waals surface area contributed by atoms with Gasteiger partial charge in [0.1, 0.15) is 6.17 Å². The fourth-order valence-corrected chi connectivity index (χ4v) is 3.83. The van der Waals surface area contributed by atoms with Gasteiger partial charge >= 0.3 is 0 Å². The Morgan fingerprint density at radius 3 is 2.77 bits per heavy atom. The smallest absolute Gasteiger partial charge is 0.257 e. The summed E-state index contributed by atoms with van der Waals surface area (Å²) in [5.74, 6) is 0.119. The molecule has 0 aromatic carbocycles. The number of carbonyl (C=O) groups excluding carboxylic acids is 1. The molecule has 2 heterocycles. The minimum absolute atomic E-state index is 0.0488. The van der Waals surface area contributed by atoms with E-state index in [1.807, 2.05) is 43.5 Å². The third-order valence-electron chi connectivity index (χ3n) is 5.72. The number of fused-ring (bicyclic) bond motifs is 1. The second-order valence-corrected chi connectivity index (χ2v) is 7.91. The Morgan fingerprint density at radius 1 is 1.23 bits per heavy atom. The van der Waals surface area contributed by atoms with E-state index in [1.165, 1.54) is 0 Å². The highest BCUT2D eigenvalue weighted by atomic mass is 16.2. The summed E-state index contributed by atoms with van der Waals surface area (Å²) < 4.78 is 0. The zero-order valence-electron chi connectivity index (χ0n) is 19.1. The van der Waals surface area contributed by atoms with Gasteiger partial charge in [0.25, 0.3) is 5.91 Å². The normalized spacial score (nSPS) is 20.0. The van der Waals surface area contributed by atoms with Gasteiger partial charge in [0.15, 0.2) is 0 Å². The van der Waals surface area contributed by atoms with E-state index in [-0.39, 0.29) is 12.1 Å². The van der Waals surface area contributed by atoms with Gasteiger partial charge in [-0.15, -0.1) is 0 Å². The summed E-state index contributed by atoms with van der Waals surface area (Å²) in [5.41, 5.74) is 1.89. The maximum absolute atomic E-state index is 12.8. The Kier molecular flexibility index (Phi) is 9.84. The Hall–Kier alpha value is -2.37. The summed E-state index contributed by atoms with van der Waals surface area (Å²) in [6, 6.07) is 0.410. The second kappa shape index (κ2) is 12.4. The number of hydrogen-bond donors (Lipinski definition) is 1. The molecule has 2 rings (SSSR count). The van der Waals surface area contributed by atoms with Crippen LogP contribution in [0.2, 0.25) is 0 Å². The number of allylic oxidation sites excluding steroid dienone is 7. The molecule has 2 aliphatic rings. The molecule has 1 N–H and O–H groups in total. The van der Waals surface area contributed by atoms with Gasteiger partial charge in [-0.1, -0.05) is 50.0 Å². The Balaban J connectivity index is 1.77. The van der Waals surface area contributed by atoms with Crippen molar-refractivity contribution in [2.75, 3.05) is 33.2 Å². The highest BCUT2D eigenvalue weighted by Gasteiger charge is 2.30. The fourth-order valence-electron chi connectivity index (χ4n) is 3.83. The first-order valence-corrected chi connectivity index (χ1v) is 11.0. The lowest BCUT2D eigenvalue weighted by Gasteiger charge is -2.36. The van der Waals surface area contributed by atoms with E-state index in [2.05, 4.69) is 54.7 Å². The summed E-state index contributed by atoms with van der Waals surface area (Å²) in [7, 11) is 2.14. The molecule has 0 radical (unpaired) electrons. The molecule has 0 aromatic rings. The van der Waals surface area contributed by atoms with Gasteiger partial charge in [-0.05, 0) is 65.5 Å². The van der Waals surface area contributed by atoms with Crippen LogP contribution >= 0.6 is 0 Å². The Bertz CT molecular complexity index is 731. The molecule has 0 aromatic heterocycles. The van der Waals surface area contributed by atoms with Gasteiger partial charge in [-0.2, -0.15) is 0 Å². The molecule has 164 valence electrons. The topological polar surface area (TPSA) is 38.8 Å². The van der Waals surface area contributed by atoms with Crippen LogP contribution in [-0.2, 0) is 4.79 Å². The molecule has 30 heavy (non-hydrogen) atoms. The molecule has 2 aliphatic heterocycles.